The first-order valence-electron chi connectivity index (χ1n) is 7.00. The van der Waals surface area contributed by atoms with Gasteiger partial charge in [0.2, 0.25) is 0 Å². The molecule has 1 atom stereocenters. The Kier molecular flexibility index (Phi) is 3.94. The number of halogens is 1. The molecule has 0 radical (unpaired) electrons. The first kappa shape index (κ1) is 14.1. The molecule has 1 aromatic heterocycles. The van der Waals surface area contributed by atoms with E-state index in [-0.39, 0.29) is 11.9 Å². The summed E-state index contributed by atoms with van der Waals surface area (Å²) in [6.07, 6.45) is 3.69. The Morgan fingerprint density at radius 1 is 1.38 bits per heavy atom. The summed E-state index contributed by atoms with van der Waals surface area (Å²) in [5.41, 5.74) is 7.18. The Hall–Kier alpha value is -1.85. The molecule has 1 fully saturated rings. The molecule has 5 nitrogen and oxygen atoms in total. The van der Waals surface area contributed by atoms with Crippen molar-refractivity contribution >= 4 is 17.5 Å². The Morgan fingerprint density at radius 2 is 2.24 bits per heavy atom. The number of nitrogens with two attached hydrogens (primary N) is 1. The number of aromatic nitrogens is 2. The Bertz CT molecular complexity index is 655. The smallest absolute Gasteiger partial charge is 0.274 e. The summed E-state index contributed by atoms with van der Waals surface area (Å²) in [6, 6.07) is 9.14. The van der Waals surface area contributed by atoms with E-state index in [1.54, 1.807) is 34.0 Å². The molecule has 1 unspecified atom stereocenters. The van der Waals surface area contributed by atoms with Gasteiger partial charge in [0.1, 0.15) is 0 Å². The molecule has 1 aliphatic rings. The lowest BCUT2D eigenvalue weighted by Crippen LogP contribution is -2.45. The number of rotatable bonds is 2. The van der Waals surface area contributed by atoms with E-state index < -0.39 is 0 Å². The molecule has 3 rings (SSSR count). The molecule has 0 aliphatic carbocycles. The zero-order valence-electron chi connectivity index (χ0n) is 11.6. The summed E-state index contributed by atoms with van der Waals surface area (Å²) in [6.45, 7) is 1.35. The minimum absolute atomic E-state index is 0.0640. The summed E-state index contributed by atoms with van der Waals surface area (Å²) >= 11 is 5.97. The fourth-order valence-electron chi connectivity index (χ4n) is 2.56. The maximum Gasteiger partial charge on any atom is 0.274 e. The number of likely N-dealkylation sites (tertiary alicyclic amines) is 1. The number of amides is 1. The zero-order valence-corrected chi connectivity index (χ0v) is 12.3. The molecule has 2 aromatic rings. The summed E-state index contributed by atoms with van der Waals surface area (Å²) in [7, 11) is 0. The molecule has 2 N–H and O–H groups in total. The Labute approximate surface area is 128 Å². The van der Waals surface area contributed by atoms with E-state index in [1.165, 1.54) is 0 Å². The van der Waals surface area contributed by atoms with E-state index in [0.29, 0.717) is 17.3 Å². The first-order chi connectivity index (χ1) is 10.1. The average Bonchev–Trinajstić information content (AvgIpc) is 2.96. The van der Waals surface area contributed by atoms with Crippen molar-refractivity contribution in [1.29, 1.82) is 0 Å². The van der Waals surface area contributed by atoms with Crippen LogP contribution in [0.2, 0.25) is 5.02 Å². The van der Waals surface area contributed by atoms with Crippen LogP contribution in [0.3, 0.4) is 0 Å². The van der Waals surface area contributed by atoms with E-state index in [9.17, 15) is 4.79 Å². The quantitative estimate of drug-likeness (QED) is 0.924. The number of carbonyl (C=O) groups is 1. The standard InChI is InChI=1S/C15H17ClN4O/c16-11-3-1-5-13(9-11)20-8-6-14(18-20)15(21)19-7-2-4-12(17)10-19/h1,3,5-6,8-9,12H,2,4,7,10,17H2. The summed E-state index contributed by atoms with van der Waals surface area (Å²) in [4.78, 5) is 14.2. The molecular formula is C15H17ClN4O. The number of nitrogens with zero attached hydrogens (tertiary/aromatic N) is 3. The number of carbonyl (C=O) groups excluding carboxylic acids is 1. The number of hydrogen-bond acceptors (Lipinski definition) is 3. The maximum atomic E-state index is 12.4. The summed E-state index contributed by atoms with van der Waals surface area (Å²) < 4.78 is 1.66. The zero-order chi connectivity index (χ0) is 14.8. The van der Waals surface area contributed by atoms with Crippen molar-refractivity contribution in [2.75, 3.05) is 13.1 Å². The predicted molar refractivity (Wildman–Crippen MR) is 81.7 cm³/mol. The van der Waals surface area contributed by atoms with Crippen molar-refractivity contribution < 1.29 is 4.79 Å². The van der Waals surface area contributed by atoms with Gasteiger partial charge in [-0.15, -0.1) is 0 Å². The third-order valence-electron chi connectivity index (χ3n) is 3.63. The number of benzene rings is 1. The summed E-state index contributed by atoms with van der Waals surface area (Å²) in [5, 5.41) is 4.98. The van der Waals surface area contributed by atoms with Gasteiger partial charge in [0.25, 0.3) is 5.91 Å². The highest BCUT2D eigenvalue weighted by Crippen LogP contribution is 2.16. The van der Waals surface area contributed by atoms with Gasteiger partial charge in [0, 0.05) is 30.4 Å². The molecule has 110 valence electrons. The van der Waals surface area contributed by atoms with Crippen molar-refractivity contribution in [3.63, 3.8) is 0 Å². The van der Waals surface area contributed by atoms with Crippen molar-refractivity contribution in [1.82, 2.24) is 14.7 Å². The first-order valence-corrected chi connectivity index (χ1v) is 7.38. The highest BCUT2D eigenvalue weighted by molar-refractivity contribution is 6.30. The van der Waals surface area contributed by atoms with Gasteiger partial charge in [-0.3, -0.25) is 4.79 Å². The van der Waals surface area contributed by atoms with Gasteiger partial charge in [-0.2, -0.15) is 5.10 Å². The minimum Gasteiger partial charge on any atom is -0.336 e. The molecule has 0 spiro atoms. The van der Waals surface area contributed by atoms with Crippen molar-refractivity contribution in [2.45, 2.75) is 18.9 Å². The van der Waals surface area contributed by atoms with Gasteiger partial charge in [-0.25, -0.2) is 4.68 Å². The maximum absolute atomic E-state index is 12.4. The second kappa shape index (κ2) is 5.87. The molecular weight excluding hydrogens is 288 g/mol. The van der Waals surface area contributed by atoms with Gasteiger partial charge in [0.05, 0.1) is 5.69 Å². The van der Waals surface area contributed by atoms with Crippen molar-refractivity contribution in [3.8, 4) is 5.69 Å². The largest absolute Gasteiger partial charge is 0.336 e. The lowest BCUT2D eigenvalue weighted by Gasteiger charge is -2.30. The van der Waals surface area contributed by atoms with Crippen LogP contribution in [-0.4, -0.2) is 39.7 Å². The molecule has 1 aliphatic heterocycles. The van der Waals surface area contributed by atoms with Crippen LogP contribution < -0.4 is 5.73 Å². The lowest BCUT2D eigenvalue weighted by molar-refractivity contribution is 0.0702. The highest BCUT2D eigenvalue weighted by Gasteiger charge is 2.23. The van der Waals surface area contributed by atoms with Gasteiger partial charge in [0.15, 0.2) is 5.69 Å². The fourth-order valence-corrected chi connectivity index (χ4v) is 2.74. The van der Waals surface area contributed by atoms with Crippen LogP contribution in [0.4, 0.5) is 0 Å². The van der Waals surface area contributed by atoms with Crippen LogP contribution in [0.1, 0.15) is 23.3 Å². The normalized spacial score (nSPS) is 18.8. The van der Waals surface area contributed by atoms with Crippen LogP contribution >= 0.6 is 11.6 Å². The fraction of sp³-hybridized carbons (Fsp3) is 0.333. The van der Waals surface area contributed by atoms with Crippen molar-refractivity contribution in [3.05, 3.63) is 47.2 Å². The molecule has 1 amide bonds. The van der Waals surface area contributed by atoms with E-state index in [4.69, 9.17) is 17.3 Å². The molecule has 2 heterocycles. The molecule has 21 heavy (non-hydrogen) atoms. The SMILES string of the molecule is NC1CCCN(C(=O)c2ccn(-c3cccc(Cl)c3)n2)C1. The molecule has 6 heteroatoms. The Balaban J connectivity index is 1.80. The monoisotopic (exact) mass is 304 g/mol. The van der Waals surface area contributed by atoms with E-state index in [2.05, 4.69) is 5.10 Å². The lowest BCUT2D eigenvalue weighted by atomic mass is 10.1. The Morgan fingerprint density at radius 3 is 3.00 bits per heavy atom. The van der Waals surface area contributed by atoms with Crippen LogP contribution in [0.15, 0.2) is 36.5 Å². The van der Waals surface area contributed by atoms with Crippen LogP contribution in [-0.2, 0) is 0 Å². The molecule has 0 saturated carbocycles. The van der Waals surface area contributed by atoms with Gasteiger partial charge < -0.3 is 10.6 Å². The van der Waals surface area contributed by atoms with E-state index >= 15 is 0 Å². The van der Waals surface area contributed by atoms with Gasteiger partial charge >= 0.3 is 0 Å². The third-order valence-corrected chi connectivity index (χ3v) is 3.86. The van der Waals surface area contributed by atoms with Crippen LogP contribution in [0, 0.1) is 0 Å². The molecule has 0 bridgehead atoms. The highest BCUT2D eigenvalue weighted by atomic mass is 35.5. The predicted octanol–water partition coefficient (Wildman–Crippen LogP) is 2.09. The topological polar surface area (TPSA) is 64.2 Å². The summed E-state index contributed by atoms with van der Waals surface area (Å²) in [5.74, 6) is -0.0640. The van der Waals surface area contributed by atoms with Crippen molar-refractivity contribution in [2.24, 2.45) is 5.73 Å². The second-order valence-corrected chi connectivity index (χ2v) is 5.72. The van der Waals surface area contributed by atoms with Gasteiger partial charge in [-0.05, 0) is 37.1 Å². The number of hydrogen-bond donors (Lipinski definition) is 1. The van der Waals surface area contributed by atoms with Crippen LogP contribution in [0.5, 0.6) is 0 Å². The minimum atomic E-state index is -0.0640. The van der Waals surface area contributed by atoms with E-state index in [1.807, 2.05) is 12.1 Å². The third kappa shape index (κ3) is 3.09. The molecule has 1 aromatic carbocycles. The average molecular weight is 305 g/mol. The van der Waals surface area contributed by atoms with E-state index in [0.717, 1.165) is 25.1 Å². The van der Waals surface area contributed by atoms with Crippen LogP contribution in [0.25, 0.3) is 5.69 Å². The number of piperidine rings is 1. The molecule has 1 saturated heterocycles. The second-order valence-electron chi connectivity index (χ2n) is 5.28. The van der Waals surface area contributed by atoms with Gasteiger partial charge in [-0.1, -0.05) is 17.7 Å².